The molecule has 0 aromatic heterocycles. The lowest BCUT2D eigenvalue weighted by Crippen LogP contribution is -2.42. The van der Waals surface area contributed by atoms with E-state index in [4.69, 9.17) is 9.57 Å². The minimum Gasteiger partial charge on any atom is -0.423 e. The van der Waals surface area contributed by atoms with Crippen LogP contribution in [-0.4, -0.2) is 22.5 Å². The Labute approximate surface area is 155 Å². The van der Waals surface area contributed by atoms with Crippen molar-refractivity contribution >= 4 is 23.1 Å². The quantitative estimate of drug-likeness (QED) is 0.452. The number of nitrogens with zero attached hydrogens (tertiary/aromatic N) is 2. The van der Waals surface area contributed by atoms with Gasteiger partial charge in [-0.1, -0.05) is 30.3 Å². The molecule has 0 unspecified atom stereocenters. The van der Waals surface area contributed by atoms with E-state index in [9.17, 15) is 19.7 Å². The second-order valence-corrected chi connectivity index (χ2v) is 6.22. The van der Waals surface area contributed by atoms with Crippen LogP contribution in [0, 0.1) is 10.1 Å². The third kappa shape index (κ3) is 3.65. The molecule has 1 aliphatic rings. The predicted molar refractivity (Wildman–Crippen MR) is 95.6 cm³/mol. The lowest BCUT2D eigenvalue weighted by atomic mass is 9.97. The van der Waals surface area contributed by atoms with Crippen molar-refractivity contribution < 1.29 is 24.1 Å². The van der Waals surface area contributed by atoms with Crippen LogP contribution in [0.4, 0.5) is 11.4 Å². The topological polar surface area (TPSA) is 99.0 Å². The van der Waals surface area contributed by atoms with E-state index in [1.807, 2.05) is 18.2 Å². The number of hydrogen-bond acceptors (Lipinski definition) is 7. The first kappa shape index (κ1) is 18.5. The number of para-hydroxylation sites is 1. The summed E-state index contributed by atoms with van der Waals surface area (Å²) >= 11 is 0. The third-order valence-corrected chi connectivity index (χ3v) is 4.34. The lowest BCUT2D eigenvalue weighted by Gasteiger charge is -2.27. The van der Waals surface area contributed by atoms with Gasteiger partial charge in [-0.05, 0) is 17.7 Å². The average molecular weight is 370 g/mol. The first-order chi connectivity index (χ1) is 12.8. The Morgan fingerprint density at radius 3 is 2.30 bits per heavy atom. The van der Waals surface area contributed by atoms with Crippen molar-refractivity contribution in [2.75, 3.05) is 5.06 Å². The summed E-state index contributed by atoms with van der Waals surface area (Å²) in [4.78, 5) is 40.1. The molecule has 0 radical (unpaired) electrons. The zero-order valence-corrected chi connectivity index (χ0v) is 14.8. The number of nitro benzene ring substituents is 1. The van der Waals surface area contributed by atoms with Gasteiger partial charge in [-0.3, -0.25) is 19.7 Å². The van der Waals surface area contributed by atoms with Crippen LogP contribution in [0.15, 0.2) is 54.6 Å². The molecule has 0 spiro atoms. The number of anilines is 1. The Morgan fingerprint density at radius 1 is 1.15 bits per heavy atom. The summed E-state index contributed by atoms with van der Waals surface area (Å²) in [7, 11) is 0. The summed E-state index contributed by atoms with van der Waals surface area (Å²) in [5.41, 5.74) is 1.32. The van der Waals surface area contributed by atoms with E-state index in [-0.39, 0.29) is 12.1 Å². The summed E-state index contributed by atoms with van der Waals surface area (Å²) in [5.74, 6) is -2.82. The minimum atomic E-state index is -1.74. The fraction of sp³-hybridized carbons (Fsp3) is 0.263. The van der Waals surface area contributed by atoms with Gasteiger partial charge in [-0.15, -0.1) is 0 Å². The summed E-state index contributed by atoms with van der Waals surface area (Å²) < 4.78 is 5.27. The van der Waals surface area contributed by atoms with Gasteiger partial charge in [0.05, 0.1) is 23.1 Å². The molecule has 8 nitrogen and oxygen atoms in total. The van der Waals surface area contributed by atoms with Gasteiger partial charge < -0.3 is 4.74 Å². The smallest absolute Gasteiger partial charge is 0.305 e. The van der Waals surface area contributed by atoms with E-state index in [1.165, 1.54) is 31.0 Å². The predicted octanol–water partition coefficient (Wildman–Crippen LogP) is 3.33. The van der Waals surface area contributed by atoms with Crippen molar-refractivity contribution in [1.82, 2.24) is 0 Å². The third-order valence-electron chi connectivity index (χ3n) is 4.34. The molecule has 1 saturated heterocycles. The van der Waals surface area contributed by atoms with Crippen LogP contribution < -0.4 is 5.06 Å². The van der Waals surface area contributed by atoms with Crippen molar-refractivity contribution in [3.63, 3.8) is 0 Å². The second kappa shape index (κ2) is 7.16. The normalized spacial score (nSPS) is 21.7. The summed E-state index contributed by atoms with van der Waals surface area (Å²) in [6.45, 7) is 2.50. The number of carbonyl (C=O) groups excluding carboxylic acids is 2. The van der Waals surface area contributed by atoms with Crippen molar-refractivity contribution in [2.45, 2.75) is 32.1 Å². The molecule has 0 N–H and O–H groups in total. The molecular formula is C19H18N2O6. The van der Waals surface area contributed by atoms with E-state index >= 15 is 0 Å². The molecule has 8 heteroatoms. The molecule has 2 atom stereocenters. The van der Waals surface area contributed by atoms with Crippen molar-refractivity contribution in [2.24, 2.45) is 0 Å². The van der Waals surface area contributed by atoms with Gasteiger partial charge in [-0.2, -0.15) is 0 Å². The van der Waals surface area contributed by atoms with Gasteiger partial charge in [0.1, 0.15) is 0 Å². The number of esters is 1. The van der Waals surface area contributed by atoms with Crippen molar-refractivity contribution in [3.8, 4) is 0 Å². The van der Waals surface area contributed by atoms with Crippen molar-refractivity contribution in [3.05, 3.63) is 70.3 Å². The van der Waals surface area contributed by atoms with Crippen LogP contribution in [-0.2, 0) is 19.2 Å². The molecule has 0 bridgehead atoms. The minimum absolute atomic E-state index is 0.0401. The van der Waals surface area contributed by atoms with Crippen LogP contribution in [0.5, 0.6) is 0 Å². The van der Waals surface area contributed by atoms with Crippen molar-refractivity contribution in [1.29, 1.82) is 0 Å². The molecule has 2 aromatic carbocycles. The fourth-order valence-electron chi connectivity index (χ4n) is 3.05. The average Bonchev–Trinajstić information content (AvgIpc) is 3.03. The summed E-state index contributed by atoms with van der Waals surface area (Å²) in [5, 5.41) is 12.4. The highest BCUT2D eigenvalue weighted by atomic mass is 16.8. The van der Waals surface area contributed by atoms with Gasteiger partial charge in [0.25, 0.3) is 11.5 Å². The van der Waals surface area contributed by atoms with Gasteiger partial charge in [-0.25, -0.2) is 9.90 Å². The summed E-state index contributed by atoms with van der Waals surface area (Å²) in [6.07, 6.45) is 0.0641. The Hall–Kier alpha value is -3.26. The zero-order chi connectivity index (χ0) is 19.6. The number of rotatable bonds is 5. The number of Topliss-reactive ketones (excluding diaryl/α,β-unsaturated/α-hetero) is 1. The Kier molecular flexibility index (Phi) is 4.91. The van der Waals surface area contributed by atoms with E-state index in [0.29, 0.717) is 11.3 Å². The van der Waals surface area contributed by atoms with Gasteiger partial charge in [0, 0.05) is 26.0 Å². The summed E-state index contributed by atoms with van der Waals surface area (Å²) in [6, 6.07) is 14.6. The monoisotopic (exact) mass is 370 g/mol. The maximum Gasteiger partial charge on any atom is 0.305 e. The van der Waals surface area contributed by atoms with Gasteiger partial charge in [0.2, 0.25) is 5.78 Å². The first-order valence-corrected chi connectivity index (χ1v) is 8.31. The molecular weight excluding hydrogens is 352 g/mol. The highest BCUT2D eigenvalue weighted by Gasteiger charge is 2.53. The maximum absolute atomic E-state index is 12.3. The van der Waals surface area contributed by atoms with Crippen LogP contribution >= 0.6 is 0 Å². The van der Waals surface area contributed by atoms with Crippen LogP contribution in [0.3, 0.4) is 0 Å². The number of hydrogen-bond donors (Lipinski definition) is 0. The highest BCUT2D eigenvalue weighted by molar-refractivity contribution is 5.86. The fourth-order valence-corrected chi connectivity index (χ4v) is 3.05. The second-order valence-electron chi connectivity index (χ2n) is 6.22. The number of ether oxygens (including phenoxy) is 1. The van der Waals surface area contributed by atoms with Crippen LogP contribution in [0.1, 0.15) is 31.9 Å². The highest BCUT2D eigenvalue weighted by Crippen LogP contribution is 2.44. The number of carbonyl (C=O) groups is 2. The SMILES string of the molecule is CC(=O)O[C@@]1(C(C)=O)C[C@H](c2ccc([N+](=O)[O-])cc2)N(c2ccccc2)O1. The molecule has 1 fully saturated rings. The van der Waals surface area contributed by atoms with Crippen LogP contribution in [0.25, 0.3) is 0 Å². The number of non-ortho nitro benzene ring substituents is 1. The molecule has 0 saturated carbocycles. The number of hydroxylamine groups is 1. The largest absolute Gasteiger partial charge is 0.423 e. The molecule has 27 heavy (non-hydrogen) atoms. The van der Waals surface area contributed by atoms with E-state index < -0.39 is 28.5 Å². The number of nitro groups is 1. The van der Waals surface area contributed by atoms with E-state index in [2.05, 4.69) is 0 Å². The molecule has 3 rings (SSSR count). The van der Waals surface area contributed by atoms with E-state index in [1.54, 1.807) is 24.3 Å². The maximum atomic E-state index is 12.3. The lowest BCUT2D eigenvalue weighted by molar-refractivity contribution is -0.384. The van der Waals surface area contributed by atoms with E-state index in [0.717, 1.165) is 0 Å². The Bertz CT molecular complexity index is 868. The standard InChI is InChI=1S/C19H18N2O6/c1-13(22)19(26-14(2)23)12-18(15-8-10-17(11-9-15)21(24)25)20(27-19)16-6-4-3-5-7-16/h3-11,18H,12H2,1-2H3/t18-,19+/m1/s1. The zero-order valence-electron chi connectivity index (χ0n) is 14.8. The Balaban J connectivity index is 2.03. The van der Waals surface area contributed by atoms with Gasteiger partial charge in [0.15, 0.2) is 0 Å². The number of ketones is 1. The molecule has 0 amide bonds. The van der Waals surface area contributed by atoms with Gasteiger partial charge >= 0.3 is 5.97 Å². The first-order valence-electron chi connectivity index (χ1n) is 8.31. The Morgan fingerprint density at radius 2 is 1.78 bits per heavy atom. The molecule has 1 aliphatic heterocycles. The molecule has 140 valence electrons. The molecule has 0 aliphatic carbocycles. The van der Waals surface area contributed by atoms with Crippen LogP contribution in [0.2, 0.25) is 0 Å². The molecule has 2 aromatic rings. The molecule has 1 heterocycles. The number of benzene rings is 2.